The van der Waals surface area contributed by atoms with Crippen LogP contribution in [-0.2, 0) is 0 Å². The number of thioether (sulfide) groups is 1. The van der Waals surface area contributed by atoms with Crippen molar-refractivity contribution in [2.24, 2.45) is 5.92 Å². The Bertz CT molecular complexity index is 314. The topological polar surface area (TPSA) is 61.4 Å². The smallest absolute Gasteiger partial charge is 0.315 e. The number of aliphatic hydroxyl groups is 1. The van der Waals surface area contributed by atoms with E-state index < -0.39 is 0 Å². The number of hydrogen-bond acceptors (Lipinski definition) is 3. The van der Waals surface area contributed by atoms with Crippen LogP contribution in [0.15, 0.2) is 0 Å². The van der Waals surface area contributed by atoms with Gasteiger partial charge in [-0.1, -0.05) is 19.8 Å². The van der Waals surface area contributed by atoms with Crippen molar-refractivity contribution in [3.8, 4) is 0 Å². The molecule has 2 aliphatic rings. The zero-order valence-electron chi connectivity index (χ0n) is 12.4. The summed E-state index contributed by atoms with van der Waals surface area (Å²) >= 11 is 2.00. The Morgan fingerprint density at radius 2 is 2.00 bits per heavy atom. The van der Waals surface area contributed by atoms with Crippen LogP contribution >= 0.6 is 11.8 Å². The van der Waals surface area contributed by atoms with Gasteiger partial charge in [-0.25, -0.2) is 4.79 Å². The van der Waals surface area contributed by atoms with Crippen LogP contribution in [0.2, 0.25) is 0 Å². The van der Waals surface area contributed by atoms with E-state index >= 15 is 0 Å². The summed E-state index contributed by atoms with van der Waals surface area (Å²) in [5, 5.41) is 16.3. The van der Waals surface area contributed by atoms with Gasteiger partial charge in [-0.3, -0.25) is 0 Å². The van der Waals surface area contributed by atoms with Crippen molar-refractivity contribution in [2.45, 2.75) is 69.2 Å². The van der Waals surface area contributed by atoms with Crippen LogP contribution in [0.5, 0.6) is 0 Å². The molecule has 0 aromatic heterocycles. The van der Waals surface area contributed by atoms with Gasteiger partial charge in [-0.15, -0.1) is 0 Å². The molecule has 0 aromatic rings. The summed E-state index contributed by atoms with van der Waals surface area (Å²) in [6.45, 7) is 2.37. The predicted octanol–water partition coefficient (Wildman–Crippen LogP) is 2.51. The van der Waals surface area contributed by atoms with Crippen LogP contribution in [0.4, 0.5) is 4.79 Å². The molecule has 4 nitrogen and oxygen atoms in total. The molecule has 0 radical (unpaired) electrons. The van der Waals surface area contributed by atoms with Gasteiger partial charge in [-0.05, 0) is 37.9 Å². The van der Waals surface area contributed by atoms with Crippen molar-refractivity contribution >= 4 is 17.8 Å². The zero-order chi connectivity index (χ0) is 14.4. The van der Waals surface area contributed by atoms with Gasteiger partial charge in [0.1, 0.15) is 0 Å². The molecular formula is C15H28N2O2S. The highest BCUT2D eigenvalue weighted by atomic mass is 32.2. The number of rotatable bonds is 5. The maximum Gasteiger partial charge on any atom is 0.315 e. The Morgan fingerprint density at radius 1 is 1.20 bits per heavy atom. The number of amides is 2. The van der Waals surface area contributed by atoms with E-state index in [0.29, 0.717) is 11.3 Å². The molecule has 0 aliphatic heterocycles. The van der Waals surface area contributed by atoms with Gasteiger partial charge in [0.2, 0.25) is 0 Å². The molecule has 0 unspecified atom stereocenters. The SMILES string of the molecule is CCS[C@@H]1CC[C@H](NC(=O)N[C@@H]2CCCC[C@H]2CO)C1. The molecule has 0 saturated heterocycles. The van der Waals surface area contributed by atoms with Gasteiger partial charge in [0.05, 0.1) is 0 Å². The molecule has 4 atom stereocenters. The van der Waals surface area contributed by atoms with Gasteiger partial charge in [0, 0.05) is 29.9 Å². The molecule has 3 N–H and O–H groups in total. The molecule has 2 saturated carbocycles. The predicted molar refractivity (Wildman–Crippen MR) is 84.1 cm³/mol. The van der Waals surface area contributed by atoms with E-state index in [9.17, 15) is 9.90 Å². The van der Waals surface area contributed by atoms with Crippen LogP contribution < -0.4 is 10.6 Å². The number of carbonyl (C=O) groups is 1. The molecule has 116 valence electrons. The summed E-state index contributed by atoms with van der Waals surface area (Å²) in [5.41, 5.74) is 0. The Hall–Kier alpha value is -0.420. The molecule has 0 heterocycles. The third kappa shape index (κ3) is 4.55. The van der Waals surface area contributed by atoms with Crippen LogP contribution in [0.1, 0.15) is 51.9 Å². The Labute approximate surface area is 126 Å². The van der Waals surface area contributed by atoms with Crippen LogP contribution in [-0.4, -0.2) is 40.8 Å². The Kier molecular flexibility index (Phi) is 6.49. The van der Waals surface area contributed by atoms with Crippen molar-refractivity contribution in [1.82, 2.24) is 10.6 Å². The van der Waals surface area contributed by atoms with E-state index in [1.807, 2.05) is 11.8 Å². The van der Waals surface area contributed by atoms with Crippen LogP contribution in [0, 0.1) is 5.92 Å². The molecule has 0 bridgehead atoms. The third-order valence-corrected chi connectivity index (χ3v) is 5.82. The lowest BCUT2D eigenvalue weighted by Crippen LogP contribution is -2.49. The summed E-state index contributed by atoms with van der Waals surface area (Å²) < 4.78 is 0. The second-order valence-corrected chi connectivity index (χ2v) is 7.62. The van der Waals surface area contributed by atoms with Gasteiger partial charge in [-0.2, -0.15) is 11.8 Å². The zero-order valence-corrected chi connectivity index (χ0v) is 13.3. The molecule has 2 fully saturated rings. The van der Waals surface area contributed by atoms with E-state index in [2.05, 4.69) is 17.6 Å². The van der Waals surface area contributed by atoms with E-state index in [0.717, 1.165) is 37.9 Å². The number of aliphatic hydroxyl groups excluding tert-OH is 1. The lowest BCUT2D eigenvalue weighted by molar-refractivity contribution is 0.153. The van der Waals surface area contributed by atoms with E-state index in [1.165, 1.54) is 12.8 Å². The monoisotopic (exact) mass is 300 g/mol. The summed E-state index contributed by atoms with van der Waals surface area (Å²) in [6, 6.07) is 0.439. The van der Waals surface area contributed by atoms with Gasteiger partial charge >= 0.3 is 6.03 Å². The first-order valence-electron chi connectivity index (χ1n) is 8.02. The quantitative estimate of drug-likeness (QED) is 0.731. The number of carbonyl (C=O) groups excluding carboxylic acids is 1. The standard InChI is InChI=1S/C15H28N2O2S/c1-2-20-13-8-7-12(9-13)16-15(19)17-14-6-4-3-5-11(14)10-18/h11-14,18H,2-10H2,1H3,(H2,16,17,19)/t11-,12-,13+,14+/m0/s1. The highest BCUT2D eigenvalue weighted by Gasteiger charge is 2.29. The van der Waals surface area contributed by atoms with Gasteiger partial charge in [0.25, 0.3) is 0 Å². The lowest BCUT2D eigenvalue weighted by atomic mass is 9.85. The molecule has 2 amide bonds. The molecule has 2 aliphatic carbocycles. The fourth-order valence-corrected chi connectivity index (χ4v) is 4.61. The average Bonchev–Trinajstić information content (AvgIpc) is 2.87. The van der Waals surface area contributed by atoms with Crippen molar-refractivity contribution < 1.29 is 9.90 Å². The first kappa shape index (κ1) is 16.0. The molecule has 0 spiro atoms. The normalized spacial score (nSPS) is 33.9. The molecule has 2 rings (SSSR count). The maximum atomic E-state index is 12.1. The fourth-order valence-electron chi connectivity index (χ4n) is 3.47. The van der Waals surface area contributed by atoms with Crippen molar-refractivity contribution in [3.63, 3.8) is 0 Å². The minimum atomic E-state index is -0.0394. The van der Waals surface area contributed by atoms with Gasteiger partial charge < -0.3 is 15.7 Å². The van der Waals surface area contributed by atoms with Crippen molar-refractivity contribution in [3.05, 3.63) is 0 Å². The Morgan fingerprint density at radius 3 is 2.75 bits per heavy atom. The van der Waals surface area contributed by atoms with Gasteiger partial charge in [0.15, 0.2) is 0 Å². The molecule has 20 heavy (non-hydrogen) atoms. The second kappa shape index (κ2) is 8.13. The number of hydrogen-bond donors (Lipinski definition) is 3. The first-order chi connectivity index (χ1) is 9.72. The van der Waals surface area contributed by atoms with E-state index in [1.54, 1.807) is 0 Å². The van der Waals surface area contributed by atoms with Crippen LogP contribution in [0.3, 0.4) is 0 Å². The minimum absolute atomic E-state index is 0.0394. The lowest BCUT2D eigenvalue weighted by Gasteiger charge is -2.31. The molecule has 0 aromatic carbocycles. The van der Waals surface area contributed by atoms with Crippen molar-refractivity contribution in [1.29, 1.82) is 0 Å². The molecule has 5 heteroatoms. The summed E-state index contributed by atoms with van der Waals surface area (Å²) in [6.07, 6.45) is 7.76. The first-order valence-corrected chi connectivity index (χ1v) is 9.07. The third-order valence-electron chi connectivity index (χ3n) is 4.58. The highest BCUT2D eigenvalue weighted by molar-refractivity contribution is 7.99. The van der Waals surface area contributed by atoms with Crippen molar-refractivity contribution in [2.75, 3.05) is 12.4 Å². The summed E-state index contributed by atoms with van der Waals surface area (Å²) in [7, 11) is 0. The average molecular weight is 300 g/mol. The highest BCUT2D eigenvalue weighted by Crippen LogP contribution is 2.29. The summed E-state index contributed by atoms with van der Waals surface area (Å²) in [4.78, 5) is 12.1. The van der Waals surface area contributed by atoms with Crippen LogP contribution in [0.25, 0.3) is 0 Å². The Balaban J connectivity index is 1.72. The fraction of sp³-hybridized carbons (Fsp3) is 0.933. The maximum absolute atomic E-state index is 12.1. The number of urea groups is 1. The minimum Gasteiger partial charge on any atom is -0.396 e. The summed E-state index contributed by atoms with van der Waals surface area (Å²) in [5.74, 6) is 1.39. The van der Waals surface area contributed by atoms with E-state index in [4.69, 9.17) is 0 Å². The second-order valence-electron chi connectivity index (χ2n) is 6.04. The largest absolute Gasteiger partial charge is 0.396 e. The number of nitrogens with one attached hydrogen (secondary N) is 2. The van der Waals surface area contributed by atoms with E-state index in [-0.39, 0.29) is 24.6 Å². The molecular weight excluding hydrogens is 272 g/mol.